The van der Waals surface area contributed by atoms with E-state index in [9.17, 15) is 27.2 Å². The molecule has 3 rings (SSSR count). The van der Waals surface area contributed by atoms with E-state index in [-0.39, 0.29) is 17.2 Å². The summed E-state index contributed by atoms with van der Waals surface area (Å²) >= 11 is 0. The number of alkyl halides is 3. The summed E-state index contributed by atoms with van der Waals surface area (Å²) in [6, 6.07) is 11.6. The third kappa shape index (κ3) is 5.56. The average molecular weight is 480 g/mol. The Balaban J connectivity index is 1.84. The van der Waals surface area contributed by atoms with E-state index >= 15 is 0 Å². The summed E-state index contributed by atoms with van der Waals surface area (Å²) in [4.78, 5) is 23.7. The number of esters is 2. The fourth-order valence-electron chi connectivity index (χ4n) is 3.05. The van der Waals surface area contributed by atoms with Gasteiger partial charge in [-0.3, -0.25) is 0 Å². The molecule has 0 saturated heterocycles. The number of carbonyl (C=O) groups excluding carboxylic acids is 2. The Kier molecular flexibility index (Phi) is 7.29. The van der Waals surface area contributed by atoms with Crippen molar-refractivity contribution < 1.29 is 46.1 Å². The van der Waals surface area contributed by atoms with Gasteiger partial charge in [-0.2, -0.15) is 13.2 Å². The van der Waals surface area contributed by atoms with Crippen molar-refractivity contribution in [3.8, 4) is 17.2 Å². The lowest BCUT2D eigenvalue weighted by Gasteiger charge is -2.18. The van der Waals surface area contributed by atoms with Crippen LogP contribution in [0.25, 0.3) is 10.8 Å². The molecule has 34 heavy (non-hydrogen) atoms. The van der Waals surface area contributed by atoms with E-state index in [1.54, 1.807) is 30.3 Å². The second-order valence-electron chi connectivity index (χ2n) is 7.21. The fraction of sp³-hybridized carbons (Fsp3) is 0.250. The van der Waals surface area contributed by atoms with Gasteiger partial charge in [0.25, 0.3) is 0 Å². The molecule has 0 aliphatic rings. The lowest BCUT2D eigenvalue weighted by atomic mass is 10.1. The number of carbonyl (C=O) groups is 2. The SMILES string of the molecule is COC(=O)[C@@H](C)OC(=O)C(C)Oc1cccc2c(Oc3ccc(C(F)(F)F)cc3F)cccc12. The Labute approximate surface area is 192 Å². The number of halogens is 4. The van der Waals surface area contributed by atoms with Crippen LogP contribution in [0.4, 0.5) is 17.6 Å². The first-order chi connectivity index (χ1) is 16.0. The molecule has 0 aromatic heterocycles. The highest BCUT2D eigenvalue weighted by Crippen LogP contribution is 2.37. The van der Waals surface area contributed by atoms with E-state index in [2.05, 4.69) is 4.74 Å². The highest BCUT2D eigenvalue weighted by atomic mass is 19.4. The molecule has 0 heterocycles. The van der Waals surface area contributed by atoms with Crippen molar-refractivity contribution in [1.29, 1.82) is 0 Å². The summed E-state index contributed by atoms with van der Waals surface area (Å²) < 4.78 is 73.4. The molecule has 180 valence electrons. The molecule has 3 aromatic carbocycles. The van der Waals surface area contributed by atoms with Gasteiger partial charge in [-0.1, -0.05) is 24.3 Å². The molecule has 0 bridgehead atoms. The van der Waals surface area contributed by atoms with Crippen molar-refractivity contribution in [2.24, 2.45) is 0 Å². The first kappa shape index (κ1) is 24.8. The van der Waals surface area contributed by atoms with Gasteiger partial charge in [0.15, 0.2) is 23.8 Å². The molecular weight excluding hydrogens is 460 g/mol. The highest BCUT2D eigenvalue weighted by molar-refractivity contribution is 5.93. The predicted octanol–water partition coefficient (Wildman–Crippen LogP) is 5.66. The predicted molar refractivity (Wildman–Crippen MR) is 113 cm³/mol. The zero-order chi connectivity index (χ0) is 25.0. The van der Waals surface area contributed by atoms with E-state index in [1.165, 1.54) is 27.0 Å². The van der Waals surface area contributed by atoms with Crippen LogP contribution >= 0.6 is 0 Å². The Morgan fingerprint density at radius 2 is 1.44 bits per heavy atom. The summed E-state index contributed by atoms with van der Waals surface area (Å²) in [6.45, 7) is 2.79. The van der Waals surface area contributed by atoms with Crippen LogP contribution in [0.1, 0.15) is 19.4 Å². The second-order valence-corrected chi connectivity index (χ2v) is 7.21. The van der Waals surface area contributed by atoms with Crippen LogP contribution in [0.5, 0.6) is 17.2 Å². The van der Waals surface area contributed by atoms with Crippen molar-refractivity contribution in [3.63, 3.8) is 0 Å². The summed E-state index contributed by atoms with van der Waals surface area (Å²) in [6.07, 6.45) is -6.89. The van der Waals surface area contributed by atoms with Crippen LogP contribution < -0.4 is 9.47 Å². The number of ether oxygens (including phenoxy) is 4. The minimum absolute atomic E-state index is 0.163. The fourth-order valence-corrected chi connectivity index (χ4v) is 3.05. The first-order valence-corrected chi connectivity index (χ1v) is 10.0. The standard InChI is InChI=1S/C24H20F4O6/c1-13(22(29)31-3)33-23(30)14(2)32-19-8-4-7-17-16(19)6-5-9-20(17)34-21-11-10-15(12-18(21)25)24(26,27)28/h4-14H,1-3H3/t13-,14?/m1/s1. The largest absolute Gasteiger partial charge is 0.478 e. The highest BCUT2D eigenvalue weighted by Gasteiger charge is 2.31. The van der Waals surface area contributed by atoms with Crippen molar-refractivity contribution in [1.82, 2.24) is 0 Å². The Hall–Kier alpha value is -3.82. The van der Waals surface area contributed by atoms with Crippen molar-refractivity contribution in [2.45, 2.75) is 32.2 Å². The molecule has 0 radical (unpaired) electrons. The molecule has 0 aliphatic heterocycles. The van der Waals surface area contributed by atoms with Gasteiger partial charge in [0.05, 0.1) is 12.7 Å². The molecule has 2 atom stereocenters. The number of hydrogen-bond acceptors (Lipinski definition) is 6. The van der Waals surface area contributed by atoms with Crippen molar-refractivity contribution in [3.05, 3.63) is 66.0 Å². The summed E-state index contributed by atoms with van der Waals surface area (Å²) in [5.41, 5.74) is -1.13. The monoisotopic (exact) mass is 480 g/mol. The summed E-state index contributed by atoms with van der Waals surface area (Å²) in [5.74, 6) is -2.64. The van der Waals surface area contributed by atoms with Gasteiger partial charge in [0, 0.05) is 10.8 Å². The molecular formula is C24H20F4O6. The van der Waals surface area contributed by atoms with Gasteiger partial charge in [-0.05, 0) is 44.2 Å². The quantitative estimate of drug-likeness (QED) is 0.321. The number of methoxy groups -OCH3 is 1. The maximum atomic E-state index is 14.3. The summed E-state index contributed by atoms with van der Waals surface area (Å²) in [5, 5.41) is 0.954. The smallest absolute Gasteiger partial charge is 0.416 e. The molecule has 6 nitrogen and oxygen atoms in total. The van der Waals surface area contributed by atoms with E-state index in [0.29, 0.717) is 16.8 Å². The van der Waals surface area contributed by atoms with Crippen LogP contribution in [0.2, 0.25) is 0 Å². The Bertz CT molecular complexity index is 1210. The minimum Gasteiger partial charge on any atom is -0.478 e. The van der Waals surface area contributed by atoms with Gasteiger partial charge in [-0.25, -0.2) is 14.0 Å². The molecule has 0 aliphatic carbocycles. The van der Waals surface area contributed by atoms with E-state index in [1.807, 2.05) is 0 Å². The van der Waals surface area contributed by atoms with E-state index in [4.69, 9.17) is 14.2 Å². The molecule has 0 amide bonds. The van der Waals surface area contributed by atoms with Crippen LogP contribution in [0, 0.1) is 5.82 Å². The molecule has 3 aromatic rings. The van der Waals surface area contributed by atoms with Crippen LogP contribution in [-0.4, -0.2) is 31.3 Å². The van der Waals surface area contributed by atoms with Gasteiger partial charge < -0.3 is 18.9 Å². The normalized spacial score (nSPS) is 13.1. The number of rotatable bonds is 7. The topological polar surface area (TPSA) is 71.1 Å². The molecule has 0 spiro atoms. The van der Waals surface area contributed by atoms with Gasteiger partial charge in [0.1, 0.15) is 11.5 Å². The molecule has 0 saturated carbocycles. The van der Waals surface area contributed by atoms with E-state index < -0.39 is 41.7 Å². The van der Waals surface area contributed by atoms with E-state index in [0.717, 1.165) is 12.1 Å². The second kappa shape index (κ2) is 9.98. The van der Waals surface area contributed by atoms with Gasteiger partial charge in [-0.15, -0.1) is 0 Å². The van der Waals surface area contributed by atoms with Crippen LogP contribution in [0.3, 0.4) is 0 Å². The lowest BCUT2D eigenvalue weighted by molar-refractivity contribution is -0.168. The molecule has 1 unspecified atom stereocenters. The zero-order valence-corrected chi connectivity index (χ0v) is 18.3. The minimum atomic E-state index is -4.68. The average Bonchev–Trinajstić information content (AvgIpc) is 2.79. The van der Waals surface area contributed by atoms with Gasteiger partial charge in [0.2, 0.25) is 0 Å². The van der Waals surface area contributed by atoms with Crippen molar-refractivity contribution >= 4 is 22.7 Å². The van der Waals surface area contributed by atoms with Gasteiger partial charge >= 0.3 is 18.1 Å². The third-order valence-electron chi connectivity index (χ3n) is 4.78. The third-order valence-corrected chi connectivity index (χ3v) is 4.78. The zero-order valence-electron chi connectivity index (χ0n) is 18.3. The number of benzene rings is 3. The maximum absolute atomic E-state index is 14.3. The van der Waals surface area contributed by atoms with Crippen molar-refractivity contribution in [2.75, 3.05) is 7.11 Å². The van der Waals surface area contributed by atoms with Crippen LogP contribution in [-0.2, 0) is 25.2 Å². The Morgan fingerprint density at radius 1 is 0.824 bits per heavy atom. The first-order valence-electron chi connectivity index (χ1n) is 10.0. The molecule has 0 fully saturated rings. The van der Waals surface area contributed by atoms with Crippen LogP contribution in [0.15, 0.2) is 54.6 Å². The number of hydrogen-bond donors (Lipinski definition) is 0. The molecule has 0 N–H and O–H groups in total. The lowest BCUT2D eigenvalue weighted by Crippen LogP contribution is -2.33. The maximum Gasteiger partial charge on any atom is 0.416 e. The summed E-state index contributed by atoms with van der Waals surface area (Å²) in [7, 11) is 1.17. The Morgan fingerprint density at radius 3 is 2.03 bits per heavy atom. The molecule has 10 heteroatoms. The number of fused-ring (bicyclic) bond motifs is 1.